The fourth-order valence-electron chi connectivity index (χ4n) is 2.29. The zero-order chi connectivity index (χ0) is 13.2. The molecule has 0 spiro atoms. The zero-order valence-corrected chi connectivity index (χ0v) is 10.5. The van der Waals surface area contributed by atoms with Crippen LogP contribution in [-0.2, 0) is 0 Å². The van der Waals surface area contributed by atoms with E-state index in [9.17, 15) is 4.79 Å². The molecule has 94 valence electrons. The Labute approximate surface area is 110 Å². The quantitative estimate of drug-likeness (QED) is 0.722. The fourth-order valence-corrected chi connectivity index (χ4v) is 2.29. The summed E-state index contributed by atoms with van der Waals surface area (Å²) in [5, 5.41) is 1.05. The standard InChI is InChI=1S/C16H13NO2/c1-19-12-6-7-16-14(8-12)15(9-17-16)13-5-3-2-4-11(13)10-18/h2-10,17H,1H3. The number of H-pyrrole nitrogens is 1. The average molecular weight is 251 g/mol. The van der Waals surface area contributed by atoms with Gasteiger partial charge in [0.15, 0.2) is 6.29 Å². The molecule has 2 aromatic carbocycles. The van der Waals surface area contributed by atoms with E-state index in [1.54, 1.807) is 7.11 Å². The topological polar surface area (TPSA) is 42.1 Å². The summed E-state index contributed by atoms with van der Waals surface area (Å²) < 4.78 is 5.26. The highest BCUT2D eigenvalue weighted by molar-refractivity contribution is 6.00. The van der Waals surface area contributed by atoms with Gasteiger partial charge in [-0.15, -0.1) is 0 Å². The molecule has 0 saturated carbocycles. The molecule has 0 unspecified atom stereocenters. The Morgan fingerprint density at radius 3 is 2.74 bits per heavy atom. The highest BCUT2D eigenvalue weighted by Crippen LogP contribution is 2.32. The second-order valence-electron chi connectivity index (χ2n) is 4.32. The lowest BCUT2D eigenvalue weighted by Gasteiger charge is -2.04. The van der Waals surface area contributed by atoms with Gasteiger partial charge in [0.25, 0.3) is 0 Å². The van der Waals surface area contributed by atoms with E-state index in [0.29, 0.717) is 5.56 Å². The maximum Gasteiger partial charge on any atom is 0.150 e. The Morgan fingerprint density at radius 2 is 1.95 bits per heavy atom. The van der Waals surface area contributed by atoms with Gasteiger partial charge in [0.1, 0.15) is 5.75 Å². The van der Waals surface area contributed by atoms with E-state index in [2.05, 4.69) is 4.98 Å². The molecule has 0 saturated heterocycles. The van der Waals surface area contributed by atoms with Crippen LogP contribution in [0.15, 0.2) is 48.7 Å². The van der Waals surface area contributed by atoms with Crippen LogP contribution in [0.2, 0.25) is 0 Å². The lowest BCUT2D eigenvalue weighted by molar-refractivity contribution is 0.112. The first-order valence-electron chi connectivity index (χ1n) is 6.03. The van der Waals surface area contributed by atoms with E-state index in [1.807, 2.05) is 48.7 Å². The molecule has 19 heavy (non-hydrogen) atoms. The number of aldehydes is 1. The minimum absolute atomic E-state index is 0.686. The van der Waals surface area contributed by atoms with Gasteiger partial charge in [-0.3, -0.25) is 4.79 Å². The zero-order valence-electron chi connectivity index (χ0n) is 10.5. The third kappa shape index (κ3) is 1.89. The fraction of sp³-hybridized carbons (Fsp3) is 0.0625. The predicted molar refractivity (Wildman–Crippen MR) is 75.7 cm³/mol. The Hall–Kier alpha value is -2.55. The maximum absolute atomic E-state index is 11.1. The molecule has 3 heteroatoms. The number of hydrogen-bond acceptors (Lipinski definition) is 2. The third-order valence-electron chi connectivity index (χ3n) is 3.27. The van der Waals surface area contributed by atoms with Gasteiger partial charge in [-0.05, 0) is 23.8 Å². The van der Waals surface area contributed by atoms with E-state index in [-0.39, 0.29) is 0 Å². The normalized spacial score (nSPS) is 10.6. The number of hydrogen-bond donors (Lipinski definition) is 1. The van der Waals surface area contributed by atoms with Crippen molar-refractivity contribution in [2.45, 2.75) is 0 Å². The van der Waals surface area contributed by atoms with E-state index in [0.717, 1.165) is 34.1 Å². The summed E-state index contributed by atoms with van der Waals surface area (Å²) in [5.41, 5.74) is 3.65. The summed E-state index contributed by atoms with van der Waals surface area (Å²) in [6.07, 6.45) is 2.81. The number of benzene rings is 2. The Balaban J connectivity index is 2.27. The molecule has 0 fully saturated rings. The van der Waals surface area contributed by atoms with Gasteiger partial charge in [-0.25, -0.2) is 0 Å². The van der Waals surface area contributed by atoms with Gasteiger partial charge in [0.2, 0.25) is 0 Å². The molecule has 0 aliphatic heterocycles. The minimum atomic E-state index is 0.686. The SMILES string of the molecule is COc1ccc2[nH]cc(-c3ccccc3C=O)c2c1. The highest BCUT2D eigenvalue weighted by Gasteiger charge is 2.10. The summed E-state index contributed by atoms with van der Waals surface area (Å²) in [4.78, 5) is 14.4. The number of aromatic amines is 1. The number of aromatic nitrogens is 1. The largest absolute Gasteiger partial charge is 0.497 e. The van der Waals surface area contributed by atoms with Crippen LogP contribution in [0.3, 0.4) is 0 Å². The molecule has 1 heterocycles. The number of carbonyl (C=O) groups is 1. The molecule has 0 bridgehead atoms. The van der Waals surface area contributed by atoms with Crippen molar-refractivity contribution in [3.05, 3.63) is 54.2 Å². The maximum atomic E-state index is 11.1. The number of ether oxygens (including phenoxy) is 1. The molecule has 0 aliphatic rings. The molecular formula is C16H13NO2. The summed E-state index contributed by atoms with van der Waals surface area (Å²) in [7, 11) is 1.65. The van der Waals surface area contributed by atoms with Crippen molar-refractivity contribution in [3.63, 3.8) is 0 Å². The first-order chi connectivity index (χ1) is 9.33. The van der Waals surface area contributed by atoms with E-state index in [4.69, 9.17) is 4.74 Å². The van der Waals surface area contributed by atoms with Crippen molar-refractivity contribution >= 4 is 17.2 Å². The van der Waals surface area contributed by atoms with Crippen LogP contribution in [0.25, 0.3) is 22.0 Å². The lowest BCUT2D eigenvalue weighted by atomic mass is 10.00. The van der Waals surface area contributed by atoms with Crippen molar-refractivity contribution in [1.29, 1.82) is 0 Å². The number of nitrogens with one attached hydrogen (secondary N) is 1. The van der Waals surface area contributed by atoms with Crippen LogP contribution >= 0.6 is 0 Å². The Morgan fingerprint density at radius 1 is 1.11 bits per heavy atom. The first kappa shape index (κ1) is 11.5. The molecule has 1 aromatic heterocycles. The molecule has 3 nitrogen and oxygen atoms in total. The number of fused-ring (bicyclic) bond motifs is 1. The average Bonchev–Trinajstić information content (AvgIpc) is 2.89. The van der Waals surface area contributed by atoms with Crippen molar-refractivity contribution < 1.29 is 9.53 Å². The Bertz CT molecular complexity index is 743. The van der Waals surface area contributed by atoms with Gasteiger partial charge >= 0.3 is 0 Å². The van der Waals surface area contributed by atoms with Gasteiger partial charge in [0.05, 0.1) is 7.11 Å². The summed E-state index contributed by atoms with van der Waals surface area (Å²) in [5.74, 6) is 0.803. The highest BCUT2D eigenvalue weighted by atomic mass is 16.5. The summed E-state index contributed by atoms with van der Waals surface area (Å²) in [6, 6.07) is 13.4. The van der Waals surface area contributed by atoms with Gasteiger partial charge in [-0.2, -0.15) is 0 Å². The minimum Gasteiger partial charge on any atom is -0.497 e. The molecule has 0 radical (unpaired) electrons. The molecule has 0 amide bonds. The second-order valence-corrected chi connectivity index (χ2v) is 4.32. The number of rotatable bonds is 3. The molecule has 3 rings (SSSR count). The molecule has 3 aromatic rings. The van der Waals surface area contributed by atoms with Crippen LogP contribution in [0.1, 0.15) is 10.4 Å². The predicted octanol–water partition coefficient (Wildman–Crippen LogP) is 3.66. The molecular weight excluding hydrogens is 238 g/mol. The van der Waals surface area contributed by atoms with Crippen LogP contribution in [0.5, 0.6) is 5.75 Å². The monoisotopic (exact) mass is 251 g/mol. The summed E-state index contributed by atoms with van der Waals surface area (Å²) >= 11 is 0. The lowest BCUT2D eigenvalue weighted by Crippen LogP contribution is -1.86. The summed E-state index contributed by atoms with van der Waals surface area (Å²) in [6.45, 7) is 0. The van der Waals surface area contributed by atoms with E-state index >= 15 is 0 Å². The molecule has 0 aliphatic carbocycles. The van der Waals surface area contributed by atoms with Crippen molar-refractivity contribution in [1.82, 2.24) is 4.98 Å². The first-order valence-corrected chi connectivity index (χ1v) is 6.03. The number of carbonyl (C=O) groups excluding carboxylic acids is 1. The van der Waals surface area contributed by atoms with Gasteiger partial charge in [-0.1, -0.05) is 24.3 Å². The number of methoxy groups -OCH3 is 1. The van der Waals surface area contributed by atoms with E-state index < -0.39 is 0 Å². The van der Waals surface area contributed by atoms with Crippen molar-refractivity contribution in [3.8, 4) is 16.9 Å². The smallest absolute Gasteiger partial charge is 0.150 e. The van der Waals surface area contributed by atoms with Crippen molar-refractivity contribution in [2.75, 3.05) is 7.11 Å². The van der Waals surface area contributed by atoms with Gasteiger partial charge in [0, 0.05) is 28.2 Å². The van der Waals surface area contributed by atoms with Gasteiger partial charge < -0.3 is 9.72 Å². The second kappa shape index (κ2) is 4.61. The molecule has 1 N–H and O–H groups in total. The van der Waals surface area contributed by atoms with Crippen LogP contribution in [-0.4, -0.2) is 18.4 Å². The van der Waals surface area contributed by atoms with Crippen LogP contribution in [0.4, 0.5) is 0 Å². The molecule has 0 atom stereocenters. The third-order valence-corrected chi connectivity index (χ3v) is 3.27. The van der Waals surface area contributed by atoms with Crippen LogP contribution < -0.4 is 4.74 Å². The van der Waals surface area contributed by atoms with Crippen molar-refractivity contribution in [2.24, 2.45) is 0 Å². The van der Waals surface area contributed by atoms with E-state index in [1.165, 1.54) is 0 Å². The van der Waals surface area contributed by atoms with Crippen LogP contribution in [0, 0.1) is 0 Å². The Kier molecular flexibility index (Phi) is 2.80.